The zero-order valence-electron chi connectivity index (χ0n) is 18.7. The number of halogens is 6. The van der Waals surface area contributed by atoms with Gasteiger partial charge in [0, 0.05) is 6.54 Å². The summed E-state index contributed by atoms with van der Waals surface area (Å²) < 4.78 is 63.6. The minimum atomic E-state index is -4.68. The van der Waals surface area contributed by atoms with Gasteiger partial charge in [-0.2, -0.15) is 13.2 Å². The van der Waals surface area contributed by atoms with E-state index in [0.717, 1.165) is 22.9 Å². The van der Waals surface area contributed by atoms with Crippen LogP contribution in [0.1, 0.15) is 47.3 Å². The summed E-state index contributed by atoms with van der Waals surface area (Å²) in [7, 11) is 0. The fourth-order valence-corrected chi connectivity index (χ4v) is 3.26. The van der Waals surface area contributed by atoms with Gasteiger partial charge in [0.2, 0.25) is 0 Å². The van der Waals surface area contributed by atoms with Gasteiger partial charge in [-0.3, -0.25) is 4.79 Å². The quantitative estimate of drug-likeness (QED) is 0.259. The third-order valence-corrected chi connectivity index (χ3v) is 5.17. The first kappa shape index (κ1) is 27.8. The Morgan fingerprint density at radius 3 is 2.24 bits per heavy atom. The number of benzene rings is 2. The molecule has 0 unspecified atom stereocenters. The van der Waals surface area contributed by atoms with Gasteiger partial charge in [0.05, 0.1) is 17.7 Å². The Labute approximate surface area is 205 Å². The molecule has 0 saturated carbocycles. The highest BCUT2D eigenvalue weighted by molar-refractivity contribution is 6.55. The van der Waals surface area contributed by atoms with Crippen molar-refractivity contribution in [2.24, 2.45) is 0 Å². The van der Waals surface area contributed by atoms with E-state index in [9.17, 15) is 22.4 Å². The Balaban J connectivity index is 1.93. The molecule has 2 aromatic rings. The lowest BCUT2D eigenvalue weighted by Gasteiger charge is -2.17. The molecule has 2 aromatic carbocycles. The Hall–Kier alpha value is -2.45. The Bertz CT molecular complexity index is 997. The van der Waals surface area contributed by atoms with Crippen LogP contribution in [0.4, 0.5) is 17.6 Å². The van der Waals surface area contributed by atoms with Gasteiger partial charge in [0.1, 0.15) is 28.4 Å². The molecule has 0 aliphatic heterocycles. The average molecular weight is 522 g/mol. The molecular formula is C24H25Cl2F4NO3. The van der Waals surface area contributed by atoms with Crippen LogP contribution in [-0.2, 0) is 19.0 Å². The Morgan fingerprint density at radius 1 is 1.06 bits per heavy atom. The van der Waals surface area contributed by atoms with Gasteiger partial charge in [-0.05, 0) is 66.8 Å². The molecule has 0 aliphatic rings. The number of amides is 1. The molecule has 0 atom stereocenters. The van der Waals surface area contributed by atoms with E-state index in [1.807, 2.05) is 26.0 Å². The van der Waals surface area contributed by atoms with Gasteiger partial charge in [-0.15, -0.1) is 0 Å². The van der Waals surface area contributed by atoms with E-state index in [2.05, 4.69) is 5.32 Å². The van der Waals surface area contributed by atoms with E-state index in [4.69, 9.17) is 32.7 Å². The molecule has 0 saturated heterocycles. The van der Waals surface area contributed by atoms with Crippen LogP contribution < -0.4 is 14.8 Å². The van der Waals surface area contributed by atoms with Gasteiger partial charge < -0.3 is 14.8 Å². The van der Waals surface area contributed by atoms with Crippen molar-refractivity contribution in [3.05, 3.63) is 69.0 Å². The number of hydrogen-bond acceptors (Lipinski definition) is 3. The number of carbonyl (C=O) groups is 1. The van der Waals surface area contributed by atoms with Gasteiger partial charge >= 0.3 is 6.18 Å². The number of rotatable bonds is 11. The van der Waals surface area contributed by atoms with Gasteiger partial charge in [-0.1, -0.05) is 37.0 Å². The molecule has 0 fully saturated rings. The smallest absolute Gasteiger partial charge is 0.416 e. The van der Waals surface area contributed by atoms with Crippen molar-refractivity contribution in [3.8, 4) is 11.5 Å². The van der Waals surface area contributed by atoms with Crippen molar-refractivity contribution in [2.45, 2.75) is 39.3 Å². The van der Waals surface area contributed by atoms with E-state index in [0.29, 0.717) is 37.1 Å². The summed E-state index contributed by atoms with van der Waals surface area (Å²) in [6.07, 6.45) is -1.32. The number of nitrogens with one attached hydrogen (secondary N) is 1. The molecule has 34 heavy (non-hydrogen) atoms. The Morgan fingerprint density at radius 2 is 1.71 bits per heavy atom. The molecule has 2 rings (SSSR count). The molecular weight excluding hydrogens is 497 g/mol. The lowest BCUT2D eigenvalue weighted by Crippen LogP contribution is -2.26. The molecule has 0 aromatic heterocycles. The van der Waals surface area contributed by atoms with E-state index >= 15 is 0 Å². The van der Waals surface area contributed by atoms with Crippen LogP contribution in [0, 0.1) is 5.82 Å². The van der Waals surface area contributed by atoms with Crippen molar-refractivity contribution in [1.29, 1.82) is 0 Å². The molecule has 0 radical (unpaired) electrons. The average Bonchev–Trinajstić information content (AvgIpc) is 2.77. The highest BCUT2D eigenvalue weighted by Gasteiger charge is 2.31. The number of alkyl halides is 3. The normalized spacial score (nSPS) is 11.2. The summed E-state index contributed by atoms with van der Waals surface area (Å²) in [6.45, 7) is 4.64. The SMILES string of the molecule is CCc1cc(OCC=C(Cl)Cl)cc(CC)c1OCCCNC(=O)c1ccc(C(F)(F)F)cc1F. The second kappa shape index (κ2) is 12.9. The van der Waals surface area contributed by atoms with Crippen molar-refractivity contribution in [3.63, 3.8) is 0 Å². The van der Waals surface area contributed by atoms with Gasteiger partial charge in [0.15, 0.2) is 0 Å². The maximum Gasteiger partial charge on any atom is 0.416 e. The molecule has 1 amide bonds. The van der Waals surface area contributed by atoms with E-state index in [1.165, 1.54) is 6.08 Å². The van der Waals surface area contributed by atoms with Crippen LogP contribution >= 0.6 is 23.2 Å². The van der Waals surface area contributed by atoms with Crippen LogP contribution in [0.2, 0.25) is 0 Å². The predicted molar refractivity (Wildman–Crippen MR) is 124 cm³/mol. The number of carbonyl (C=O) groups excluding carboxylic acids is 1. The highest BCUT2D eigenvalue weighted by Crippen LogP contribution is 2.32. The summed E-state index contributed by atoms with van der Waals surface area (Å²) in [6, 6.07) is 5.56. The topological polar surface area (TPSA) is 47.6 Å². The van der Waals surface area contributed by atoms with Crippen LogP contribution in [0.3, 0.4) is 0 Å². The van der Waals surface area contributed by atoms with E-state index in [-0.39, 0.29) is 24.2 Å². The van der Waals surface area contributed by atoms with Crippen LogP contribution in [0.15, 0.2) is 40.9 Å². The first-order chi connectivity index (χ1) is 16.1. The van der Waals surface area contributed by atoms with Crippen LogP contribution in [0.5, 0.6) is 11.5 Å². The Kier molecular flexibility index (Phi) is 10.5. The second-order valence-electron chi connectivity index (χ2n) is 7.23. The van der Waals surface area contributed by atoms with Crippen molar-refractivity contribution in [2.75, 3.05) is 19.8 Å². The minimum Gasteiger partial charge on any atom is -0.493 e. The molecule has 0 heterocycles. The summed E-state index contributed by atoms with van der Waals surface area (Å²) in [5.74, 6) is -0.613. The summed E-state index contributed by atoms with van der Waals surface area (Å²) >= 11 is 11.2. The van der Waals surface area contributed by atoms with Crippen molar-refractivity contribution >= 4 is 29.1 Å². The van der Waals surface area contributed by atoms with Crippen molar-refractivity contribution in [1.82, 2.24) is 5.32 Å². The minimum absolute atomic E-state index is 0.125. The van der Waals surface area contributed by atoms with E-state index < -0.39 is 29.0 Å². The fraction of sp³-hybridized carbons (Fsp3) is 0.375. The molecule has 0 spiro atoms. The lowest BCUT2D eigenvalue weighted by molar-refractivity contribution is -0.137. The molecule has 10 heteroatoms. The second-order valence-corrected chi connectivity index (χ2v) is 8.24. The number of hydrogen-bond donors (Lipinski definition) is 1. The zero-order chi connectivity index (χ0) is 25.3. The molecule has 0 bridgehead atoms. The lowest BCUT2D eigenvalue weighted by atomic mass is 10.0. The fourth-order valence-electron chi connectivity index (χ4n) is 3.14. The molecule has 186 valence electrons. The summed E-state index contributed by atoms with van der Waals surface area (Å²) in [4.78, 5) is 12.1. The number of aryl methyl sites for hydroxylation is 2. The third-order valence-electron chi connectivity index (χ3n) is 4.86. The highest BCUT2D eigenvalue weighted by atomic mass is 35.5. The maximum atomic E-state index is 13.9. The monoisotopic (exact) mass is 521 g/mol. The van der Waals surface area contributed by atoms with Crippen LogP contribution in [0.25, 0.3) is 0 Å². The third kappa shape index (κ3) is 8.09. The molecule has 4 nitrogen and oxygen atoms in total. The standard InChI is InChI=1S/C24H25Cl2F4NO3/c1-3-15-12-18(33-11-8-21(25)26)13-16(4-2)22(15)34-10-5-9-31-23(32)19-7-6-17(14-20(19)27)24(28,29)30/h6-8,12-14H,3-5,9-11H2,1-2H3,(H,31,32). The first-order valence-corrected chi connectivity index (χ1v) is 11.4. The summed E-state index contributed by atoms with van der Waals surface area (Å²) in [5, 5.41) is 2.50. The predicted octanol–water partition coefficient (Wildman–Crippen LogP) is 6.87. The largest absolute Gasteiger partial charge is 0.493 e. The molecule has 0 aliphatic carbocycles. The first-order valence-electron chi connectivity index (χ1n) is 10.6. The maximum absolute atomic E-state index is 13.9. The van der Waals surface area contributed by atoms with E-state index in [1.54, 1.807) is 0 Å². The molecule has 1 N–H and O–H groups in total. The van der Waals surface area contributed by atoms with Crippen LogP contribution in [-0.4, -0.2) is 25.7 Å². The zero-order valence-corrected chi connectivity index (χ0v) is 20.2. The summed E-state index contributed by atoms with van der Waals surface area (Å²) in [5.41, 5.74) is 0.304. The van der Waals surface area contributed by atoms with Gasteiger partial charge in [0.25, 0.3) is 5.91 Å². The van der Waals surface area contributed by atoms with Gasteiger partial charge in [-0.25, -0.2) is 4.39 Å². The number of ether oxygens (including phenoxy) is 2. The van der Waals surface area contributed by atoms with Crippen molar-refractivity contribution < 1.29 is 31.8 Å².